The fourth-order valence-electron chi connectivity index (χ4n) is 3.84. The maximum atomic E-state index is 9.42. The first-order chi connectivity index (χ1) is 9.78. The average Bonchev–Trinajstić information content (AvgIpc) is 2.93. The van der Waals surface area contributed by atoms with E-state index in [1.165, 1.54) is 30.5 Å². The van der Waals surface area contributed by atoms with Gasteiger partial charge < -0.3 is 14.6 Å². The van der Waals surface area contributed by atoms with Gasteiger partial charge in [0.2, 0.25) is 0 Å². The summed E-state index contributed by atoms with van der Waals surface area (Å²) >= 11 is 0. The van der Waals surface area contributed by atoms with Crippen molar-refractivity contribution in [3.8, 4) is 11.5 Å². The van der Waals surface area contributed by atoms with Crippen molar-refractivity contribution < 1.29 is 14.6 Å². The number of benzene rings is 1. The van der Waals surface area contributed by atoms with E-state index in [-0.39, 0.29) is 6.61 Å². The summed E-state index contributed by atoms with van der Waals surface area (Å²) in [5, 5.41) is 9.42. The molecule has 0 bridgehead atoms. The number of ether oxygens (including phenoxy) is 2. The quantitative estimate of drug-likeness (QED) is 0.915. The molecule has 0 spiro atoms. The molecule has 0 saturated carbocycles. The maximum Gasteiger partial charge on any atom is 0.161 e. The second-order valence-corrected chi connectivity index (χ2v) is 5.70. The van der Waals surface area contributed by atoms with Crippen LogP contribution in [0.1, 0.15) is 36.3 Å². The van der Waals surface area contributed by atoms with E-state index in [4.69, 9.17) is 9.47 Å². The normalized spacial score (nSPS) is 25.1. The van der Waals surface area contributed by atoms with E-state index in [1.54, 1.807) is 14.2 Å². The molecule has 2 aliphatic rings. The summed E-state index contributed by atoms with van der Waals surface area (Å²) in [7, 11) is 3.35. The monoisotopic (exact) mass is 277 g/mol. The first-order valence-electron chi connectivity index (χ1n) is 7.38. The number of hydrogen-bond acceptors (Lipinski definition) is 4. The van der Waals surface area contributed by atoms with E-state index in [0.717, 1.165) is 24.5 Å². The van der Waals surface area contributed by atoms with E-state index < -0.39 is 0 Å². The van der Waals surface area contributed by atoms with Gasteiger partial charge in [-0.3, -0.25) is 4.90 Å². The highest BCUT2D eigenvalue weighted by Gasteiger charge is 2.38. The molecule has 1 N–H and O–H groups in total. The number of aliphatic hydroxyl groups is 1. The zero-order chi connectivity index (χ0) is 14.1. The third-order valence-electron chi connectivity index (χ3n) is 4.74. The third kappa shape index (κ3) is 2.17. The number of nitrogens with zero attached hydrogens (tertiary/aromatic N) is 1. The molecule has 1 aromatic rings. The van der Waals surface area contributed by atoms with Gasteiger partial charge in [-0.2, -0.15) is 0 Å². The topological polar surface area (TPSA) is 41.9 Å². The summed E-state index contributed by atoms with van der Waals surface area (Å²) < 4.78 is 10.9. The maximum absolute atomic E-state index is 9.42. The Morgan fingerprint density at radius 1 is 1.25 bits per heavy atom. The van der Waals surface area contributed by atoms with Gasteiger partial charge in [-0.15, -0.1) is 0 Å². The smallest absolute Gasteiger partial charge is 0.161 e. The van der Waals surface area contributed by atoms with E-state index >= 15 is 0 Å². The van der Waals surface area contributed by atoms with Gasteiger partial charge in [0.05, 0.1) is 14.2 Å². The van der Waals surface area contributed by atoms with Crippen molar-refractivity contribution in [3.63, 3.8) is 0 Å². The van der Waals surface area contributed by atoms with Crippen molar-refractivity contribution in [2.45, 2.75) is 37.8 Å². The van der Waals surface area contributed by atoms with Gasteiger partial charge in [0, 0.05) is 25.1 Å². The van der Waals surface area contributed by atoms with Crippen LogP contribution in [0.3, 0.4) is 0 Å². The molecule has 4 nitrogen and oxygen atoms in total. The van der Waals surface area contributed by atoms with Gasteiger partial charge in [0.1, 0.15) is 0 Å². The van der Waals surface area contributed by atoms with Crippen LogP contribution in [0.2, 0.25) is 0 Å². The molecular weight excluding hydrogens is 254 g/mol. The Morgan fingerprint density at radius 3 is 2.70 bits per heavy atom. The van der Waals surface area contributed by atoms with Crippen LogP contribution in [0.25, 0.3) is 0 Å². The molecule has 0 aliphatic carbocycles. The van der Waals surface area contributed by atoms with E-state index in [9.17, 15) is 5.11 Å². The Kier molecular flexibility index (Phi) is 3.85. The number of aliphatic hydroxyl groups excluding tert-OH is 1. The van der Waals surface area contributed by atoms with Crippen molar-refractivity contribution in [1.29, 1.82) is 0 Å². The fraction of sp³-hybridized carbons (Fsp3) is 0.625. The van der Waals surface area contributed by atoms with Gasteiger partial charge in [-0.25, -0.2) is 0 Å². The third-order valence-corrected chi connectivity index (χ3v) is 4.74. The van der Waals surface area contributed by atoms with E-state index in [1.807, 2.05) is 0 Å². The molecule has 2 atom stereocenters. The standard InChI is InChI=1S/C16H23NO3/c1-19-15-8-11-10-17-6-3-4-14(17)12(5-7-18)13(11)9-16(15)20-2/h8-9,12,14,18H,3-7,10H2,1-2H3/t12-,14-/m0/s1. The van der Waals surface area contributed by atoms with E-state index in [0.29, 0.717) is 12.0 Å². The number of rotatable bonds is 4. The predicted octanol–water partition coefficient (Wildman–Crippen LogP) is 2.15. The van der Waals surface area contributed by atoms with Crippen molar-refractivity contribution in [3.05, 3.63) is 23.3 Å². The number of fused-ring (bicyclic) bond motifs is 2. The van der Waals surface area contributed by atoms with Crippen LogP contribution >= 0.6 is 0 Å². The Hall–Kier alpha value is -1.26. The molecule has 2 aliphatic heterocycles. The van der Waals surface area contributed by atoms with Crippen LogP contribution in [-0.4, -0.2) is 43.4 Å². The van der Waals surface area contributed by atoms with Gasteiger partial charge in [-0.05, 0) is 49.1 Å². The van der Waals surface area contributed by atoms with Crippen LogP contribution < -0.4 is 9.47 Å². The zero-order valence-corrected chi connectivity index (χ0v) is 12.3. The fourth-order valence-corrected chi connectivity index (χ4v) is 3.84. The second-order valence-electron chi connectivity index (χ2n) is 5.70. The molecule has 110 valence electrons. The lowest BCUT2D eigenvalue weighted by Crippen LogP contribution is -2.39. The lowest BCUT2D eigenvalue weighted by Gasteiger charge is -2.38. The van der Waals surface area contributed by atoms with Crippen molar-refractivity contribution in [1.82, 2.24) is 4.90 Å². The summed E-state index contributed by atoms with van der Waals surface area (Å²) in [6, 6.07) is 4.80. The Bertz CT molecular complexity index is 489. The highest BCUT2D eigenvalue weighted by Crippen LogP contribution is 2.44. The lowest BCUT2D eigenvalue weighted by molar-refractivity contribution is 0.170. The minimum absolute atomic E-state index is 0.239. The first-order valence-corrected chi connectivity index (χ1v) is 7.38. The molecule has 0 unspecified atom stereocenters. The SMILES string of the molecule is COc1cc2c(cc1OC)[C@H](CCO)[C@@H]1CCCN1C2. The molecule has 3 rings (SSSR count). The average molecular weight is 277 g/mol. The Morgan fingerprint density at radius 2 is 2.00 bits per heavy atom. The molecule has 4 heteroatoms. The molecule has 20 heavy (non-hydrogen) atoms. The minimum atomic E-state index is 0.239. The van der Waals surface area contributed by atoms with Crippen LogP contribution in [0.4, 0.5) is 0 Å². The van der Waals surface area contributed by atoms with Gasteiger partial charge in [-0.1, -0.05) is 0 Å². The summed E-state index contributed by atoms with van der Waals surface area (Å²) in [4.78, 5) is 2.55. The van der Waals surface area contributed by atoms with Crippen molar-refractivity contribution in [2.24, 2.45) is 0 Å². The molecule has 0 amide bonds. The summed E-state index contributed by atoms with van der Waals surface area (Å²) in [5.74, 6) is 2.00. The highest BCUT2D eigenvalue weighted by atomic mass is 16.5. The first kappa shape index (κ1) is 13.7. The Balaban J connectivity index is 2.04. The summed E-state index contributed by atoms with van der Waals surface area (Å²) in [5.41, 5.74) is 2.65. The molecule has 0 radical (unpaired) electrons. The number of methoxy groups -OCH3 is 2. The highest BCUT2D eigenvalue weighted by molar-refractivity contribution is 5.50. The predicted molar refractivity (Wildman–Crippen MR) is 77.4 cm³/mol. The number of hydrogen-bond donors (Lipinski definition) is 1. The van der Waals surface area contributed by atoms with Gasteiger partial charge in [0.25, 0.3) is 0 Å². The largest absolute Gasteiger partial charge is 0.493 e. The van der Waals surface area contributed by atoms with E-state index in [2.05, 4.69) is 17.0 Å². The minimum Gasteiger partial charge on any atom is -0.493 e. The van der Waals surface area contributed by atoms with Gasteiger partial charge in [0.15, 0.2) is 11.5 Å². The molecule has 1 saturated heterocycles. The van der Waals surface area contributed by atoms with Crippen LogP contribution in [0.15, 0.2) is 12.1 Å². The van der Waals surface area contributed by atoms with Crippen LogP contribution in [0, 0.1) is 0 Å². The van der Waals surface area contributed by atoms with Crippen LogP contribution in [0.5, 0.6) is 11.5 Å². The molecule has 2 heterocycles. The van der Waals surface area contributed by atoms with Crippen LogP contribution in [-0.2, 0) is 6.54 Å². The molecule has 1 fully saturated rings. The Labute approximate surface area is 120 Å². The summed E-state index contributed by atoms with van der Waals surface area (Å²) in [6.45, 7) is 2.39. The zero-order valence-electron chi connectivity index (χ0n) is 12.3. The molecule has 0 aromatic heterocycles. The molecule has 1 aromatic carbocycles. The second kappa shape index (κ2) is 5.62. The molecular formula is C16H23NO3. The summed E-state index contributed by atoms with van der Waals surface area (Å²) in [6.07, 6.45) is 3.32. The lowest BCUT2D eigenvalue weighted by atomic mass is 9.81. The van der Waals surface area contributed by atoms with Crippen molar-refractivity contribution in [2.75, 3.05) is 27.4 Å². The van der Waals surface area contributed by atoms with Gasteiger partial charge >= 0.3 is 0 Å². The van der Waals surface area contributed by atoms with Crippen molar-refractivity contribution >= 4 is 0 Å².